The Morgan fingerprint density at radius 3 is 2.00 bits per heavy atom. The molecule has 166 valence electrons. The highest BCUT2D eigenvalue weighted by atomic mass is 16.5. The molecule has 3 aromatic carbocycles. The molecule has 4 rings (SSSR count). The first kappa shape index (κ1) is 22.0. The molecule has 6 heteroatoms. The van der Waals surface area contributed by atoms with Crippen molar-refractivity contribution >= 4 is 11.9 Å². The summed E-state index contributed by atoms with van der Waals surface area (Å²) >= 11 is 0. The fraction of sp³-hybridized carbons (Fsp3) is 0.148. The van der Waals surface area contributed by atoms with E-state index in [0.717, 1.165) is 22.3 Å². The van der Waals surface area contributed by atoms with Crippen LogP contribution >= 0.6 is 0 Å². The molecule has 4 aromatic rings. The maximum absolute atomic E-state index is 12.9. The highest BCUT2D eigenvalue weighted by Gasteiger charge is 2.31. The Hall–Kier alpha value is -4.19. The van der Waals surface area contributed by atoms with E-state index >= 15 is 0 Å². The minimum atomic E-state index is -0.677. The zero-order chi connectivity index (χ0) is 23.5. The van der Waals surface area contributed by atoms with Crippen molar-refractivity contribution in [3.8, 4) is 28.1 Å². The van der Waals surface area contributed by atoms with Crippen LogP contribution in [0.25, 0.3) is 28.1 Å². The first-order chi connectivity index (χ1) is 15.9. The fourth-order valence-electron chi connectivity index (χ4n) is 3.94. The number of rotatable bonds is 5. The van der Waals surface area contributed by atoms with E-state index in [0.29, 0.717) is 16.9 Å². The van der Waals surface area contributed by atoms with Crippen LogP contribution in [0.4, 0.5) is 0 Å². The van der Waals surface area contributed by atoms with E-state index in [1.165, 1.54) is 18.9 Å². The third-order valence-electron chi connectivity index (χ3n) is 5.35. The summed E-state index contributed by atoms with van der Waals surface area (Å²) < 4.78 is 11.5. The van der Waals surface area contributed by atoms with Gasteiger partial charge in [-0.15, -0.1) is 0 Å². The minimum absolute atomic E-state index is 0.0161. The molecule has 0 fully saturated rings. The first-order valence-corrected chi connectivity index (χ1v) is 10.5. The van der Waals surface area contributed by atoms with Crippen molar-refractivity contribution < 1.29 is 19.1 Å². The largest absolute Gasteiger partial charge is 0.465 e. The summed E-state index contributed by atoms with van der Waals surface area (Å²) in [5.74, 6) is -1.34. The number of nitrogens with zero attached hydrogens (tertiary/aromatic N) is 2. The lowest BCUT2D eigenvalue weighted by molar-refractivity contribution is 0.0549. The molecule has 33 heavy (non-hydrogen) atoms. The number of aromatic nitrogens is 2. The molecule has 0 saturated carbocycles. The average Bonchev–Trinajstić information content (AvgIpc) is 3.24. The molecule has 6 nitrogen and oxygen atoms in total. The number of hydrogen-bond donors (Lipinski definition) is 0. The smallest absolute Gasteiger partial charge is 0.357 e. The number of benzene rings is 3. The number of carbonyl (C=O) groups is 2. The summed E-state index contributed by atoms with van der Waals surface area (Å²) in [5, 5.41) is 4.67. The van der Waals surface area contributed by atoms with Crippen molar-refractivity contribution in [3.05, 3.63) is 95.2 Å². The molecule has 0 aliphatic carbocycles. The Labute approximate surface area is 192 Å². The molecule has 0 saturated heterocycles. The molecule has 0 amide bonds. The van der Waals surface area contributed by atoms with E-state index in [2.05, 4.69) is 37.1 Å². The van der Waals surface area contributed by atoms with Crippen molar-refractivity contribution in [2.75, 3.05) is 14.2 Å². The molecule has 0 atom stereocenters. The summed E-state index contributed by atoms with van der Waals surface area (Å²) in [6.07, 6.45) is 0. The van der Waals surface area contributed by atoms with Gasteiger partial charge in [0.2, 0.25) is 0 Å². The number of carbonyl (C=O) groups excluding carboxylic acids is 2. The van der Waals surface area contributed by atoms with Gasteiger partial charge in [-0.2, -0.15) is 5.10 Å². The standard InChI is InChI=1S/C27H24N2O4/c1-17-13-18(2)15-21(14-17)19-9-8-10-20(16-19)24-23(26(30)32-3)25(27(31)33-4)29(28-24)22-11-6-5-7-12-22/h5-16H,1-4H3. The fourth-order valence-corrected chi connectivity index (χ4v) is 3.94. The number of para-hydroxylation sites is 1. The van der Waals surface area contributed by atoms with Crippen LogP contribution in [0.5, 0.6) is 0 Å². The lowest BCUT2D eigenvalue weighted by Crippen LogP contribution is -2.15. The average molecular weight is 440 g/mol. The number of esters is 2. The van der Waals surface area contributed by atoms with Gasteiger partial charge in [0.15, 0.2) is 5.69 Å². The number of aryl methyl sites for hydroxylation is 2. The highest BCUT2D eigenvalue weighted by Crippen LogP contribution is 2.32. The number of ether oxygens (including phenoxy) is 2. The van der Waals surface area contributed by atoms with E-state index in [9.17, 15) is 9.59 Å². The van der Waals surface area contributed by atoms with Crippen LogP contribution in [-0.4, -0.2) is 35.9 Å². The molecular weight excluding hydrogens is 416 g/mol. The van der Waals surface area contributed by atoms with Gasteiger partial charge in [0, 0.05) is 5.56 Å². The van der Waals surface area contributed by atoms with Crippen LogP contribution in [0.3, 0.4) is 0 Å². The van der Waals surface area contributed by atoms with Gasteiger partial charge in [-0.25, -0.2) is 14.3 Å². The first-order valence-electron chi connectivity index (χ1n) is 10.5. The van der Waals surface area contributed by atoms with Gasteiger partial charge in [0.1, 0.15) is 11.3 Å². The SMILES string of the molecule is COC(=O)c1c(-c2cccc(-c3cc(C)cc(C)c3)c2)nn(-c2ccccc2)c1C(=O)OC. The molecule has 0 spiro atoms. The summed E-state index contributed by atoms with van der Waals surface area (Å²) in [7, 11) is 2.55. The van der Waals surface area contributed by atoms with Crippen LogP contribution in [0.1, 0.15) is 32.0 Å². The van der Waals surface area contributed by atoms with Crippen molar-refractivity contribution in [3.63, 3.8) is 0 Å². The highest BCUT2D eigenvalue weighted by molar-refractivity contribution is 6.07. The summed E-state index contributed by atoms with van der Waals surface area (Å²) in [6, 6.07) is 23.2. The molecule has 1 heterocycles. The molecule has 1 aromatic heterocycles. The Bertz CT molecular complexity index is 1320. The predicted molar refractivity (Wildman–Crippen MR) is 127 cm³/mol. The second-order valence-corrected chi connectivity index (χ2v) is 7.76. The molecule has 0 aliphatic heterocycles. The van der Waals surface area contributed by atoms with Crippen LogP contribution in [-0.2, 0) is 9.47 Å². The van der Waals surface area contributed by atoms with E-state index in [1.807, 2.05) is 42.5 Å². The zero-order valence-corrected chi connectivity index (χ0v) is 19.0. The van der Waals surface area contributed by atoms with Gasteiger partial charge in [-0.1, -0.05) is 65.7 Å². The van der Waals surface area contributed by atoms with E-state index in [4.69, 9.17) is 9.47 Å². The lowest BCUT2D eigenvalue weighted by atomic mass is 9.97. The van der Waals surface area contributed by atoms with Crippen molar-refractivity contribution in [1.82, 2.24) is 9.78 Å². The van der Waals surface area contributed by atoms with Gasteiger partial charge in [-0.05, 0) is 43.2 Å². The number of hydrogen-bond acceptors (Lipinski definition) is 5. The van der Waals surface area contributed by atoms with Crippen molar-refractivity contribution in [2.45, 2.75) is 13.8 Å². The molecule has 0 radical (unpaired) electrons. The normalized spacial score (nSPS) is 10.7. The van der Waals surface area contributed by atoms with Crippen molar-refractivity contribution in [1.29, 1.82) is 0 Å². The third-order valence-corrected chi connectivity index (χ3v) is 5.35. The van der Waals surface area contributed by atoms with E-state index < -0.39 is 11.9 Å². The van der Waals surface area contributed by atoms with Gasteiger partial charge in [0.05, 0.1) is 19.9 Å². The van der Waals surface area contributed by atoms with Gasteiger partial charge < -0.3 is 9.47 Å². The Balaban J connectivity index is 1.97. The van der Waals surface area contributed by atoms with Crippen molar-refractivity contribution in [2.24, 2.45) is 0 Å². The van der Waals surface area contributed by atoms with E-state index in [-0.39, 0.29) is 11.3 Å². The van der Waals surface area contributed by atoms with Gasteiger partial charge >= 0.3 is 11.9 Å². The van der Waals surface area contributed by atoms with Gasteiger partial charge in [-0.3, -0.25) is 0 Å². The molecular formula is C27H24N2O4. The molecule has 0 bridgehead atoms. The summed E-state index contributed by atoms with van der Waals surface area (Å²) in [6.45, 7) is 4.11. The van der Waals surface area contributed by atoms with Crippen LogP contribution in [0.2, 0.25) is 0 Å². The second-order valence-electron chi connectivity index (χ2n) is 7.76. The number of methoxy groups -OCH3 is 2. The predicted octanol–water partition coefficient (Wildman–Crippen LogP) is 5.40. The molecule has 0 unspecified atom stereocenters. The van der Waals surface area contributed by atoms with Crippen LogP contribution < -0.4 is 0 Å². The monoisotopic (exact) mass is 440 g/mol. The molecule has 0 N–H and O–H groups in total. The van der Waals surface area contributed by atoms with Crippen LogP contribution in [0.15, 0.2) is 72.8 Å². The third kappa shape index (κ3) is 4.28. The molecule has 0 aliphatic rings. The summed E-state index contributed by atoms with van der Waals surface area (Å²) in [5.41, 5.74) is 6.09. The Morgan fingerprint density at radius 1 is 0.727 bits per heavy atom. The summed E-state index contributed by atoms with van der Waals surface area (Å²) in [4.78, 5) is 25.6. The Morgan fingerprint density at radius 2 is 1.36 bits per heavy atom. The maximum atomic E-state index is 12.9. The second kappa shape index (κ2) is 9.12. The van der Waals surface area contributed by atoms with Crippen LogP contribution in [0, 0.1) is 13.8 Å². The quantitative estimate of drug-likeness (QED) is 0.389. The van der Waals surface area contributed by atoms with Gasteiger partial charge in [0.25, 0.3) is 0 Å². The maximum Gasteiger partial charge on any atom is 0.357 e. The zero-order valence-electron chi connectivity index (χ0n) is 19.0. The minimum Gasteiger partial charge on any atom is -0.465 e. The topological polar surface area (TPSA) is 70.4 Å². The Kier molecular flexibility index (Phi) is 6.09. The van der Waals surface area contributed by atoms with E-state index in [1.54, 1.807) is 12.1 Å². The lowest BCUT2D eigenvalue weighted by Gasteiger charge is -2.08.